The second kappa shape index (κ2) is 11.0. The molecule has 1 heterocycles. The van der Waals surface area contributed by atoms with Gasteiger partial charge in [0.15, 0.2) is 0 Å². The number of ether oxygens (including phenoxy) is 3. The number of hydrazone groups is 1. The van der Waals surface area contributed by atoms with Crippen LogP contribution < -0.4 is 14.9 Å². The molecule has 0 saturated carbocycles. The minimum Gasteiger partial charge on any atom is -0.493 e. The van der Waals surface area contributed by atoms with Gasteiger partial charge >= 0.3 is 11.7 Å². The van der Waals surface area contributed by atoms with E-state index in [1.807, 2.05) is 6.92 Å². The van der Waals surface area contributed by atoms with Crippen molar-refractivity contribution in [1.82, 2.24) is 4.98 Å². The molecule has 2 rings (SSSR count). The van der Waals surface area contributed by atoms with Gasteiger partial charge in [-0.2, -0.15) is 5.10 Å². The number of nitrogens with zero attached hydrogens (tertiary/aromatic N) is 3. The third-order valence-electron chi connectivity index (χ3n) is 3.43. The van der Waals surface area contributed by atoms with Gasteiger partial charge in [0.05, 0.1) is 43.1 Å². The number of nitro benzene ring substituents is 1. The summed E-state index contributed by atoms with van der Waals surface area (Å²) < 4.78 is 15.8. The summed E-state index contributed by atoms with van der Waals surface area (Å²) in [6.07, 6.45) is 1.48. The molecule has 29 heavy (non-hydrogen) atoms. The van der Waals surface area contributed by atoms with Crippen molar-refractivity contribution in [2.24, 2.45) is 5.10 Å². The Morgan fingerprint density at radius 2 is 1.97 bits per heavy atom. The highest BCUT2D eigenvalue weighted by atomic mass is 32.1. The lowest BCUT2D eigenvalue weighted by molar-refractivity contribution is -0.385. The Kier molecular flexibility index (Phi) is 8.34. The molecule has 0 saturated heterocycles. The Morgan fingerprint density at radius 1 is 1.24 bits per heavy atom. The SMILES string of the molecule is CCOC(=O)Cc1csc(N/N=C\c2cc([N+](=O)[O-])c(OCC)cc2OCC)n1. The first-order chi connectivity index (χ1) is 14.0. The third kappa shape index (κ3) is 6.42. The van der Waals surface area contributed by atoms with Crippen molar-refractivity contribution in [2.75, 3.05) is 25.2 Å². The molecule has 0 aliphatic carbocycles. The standard InChI is InChI=1S/C18H22N4O6S/c1-4-26-15-9-16(27-5-2)14(22(24)25)7-12(15)10-19-21-18-20-13(11-29-18)8-17(23)28-6-3/h7,9-11H,4-6,8H2,1-3H3,(H,20,21)/b19-10-. The van der Waals surface area contributed by atoms with E-state index in [2.05, 4.69) is 15.5 Å². The lowest BCUT2D eigenvalue weighted by atomic mass is 10.1. The second-order valence-electron chi connectivity index (χ2n) is 5.48. The molecule has 156 valence electrons. The molecule has 10 nitrogen and oxygen atoms in total. The Morgan fingerprint density at radius 3 is 2.62 bits per heavy atom. The quantitative estimate of drug-likeness (QED) is 0.253. The van der Waals surface area contributed by atoms with Gasteiger partial charge in [-0.25, -0.2) is 4.98 Å². The summed E-state index contributed by atoms with van der Waals surface area (Å²) in [5, 5.41) is 17.6. The Hall–Kier alpha value is -3.21. The van der Waals surface area contributed by atoms with Crippen molar-refractivity contribution >= 4 is 34.3 Å². The molecule has 0 unspecified atom stereocenters. The van der Waals surface area contributed by atoms with Crippen LogP contribution in [0.4, 0.5) is 10.8 Å². The van der Waals surface area contributed by atoms with E-state index < -0.39 is 4.92 Å². The lowest BCUT2D eigenvalue weighted by Gasteiger charge is -2.10. The van der Waals surface area contributed by atoms with Crippen molar-refractivity contribution in [3.8, 4) is 11.5 Å². The van der Waals surface area contributed by atoms with Gasteiger partial charge in [0.25, 0.3) is 0 Å². The molecule has 0 aliphatic rings. The molecule has 0 atom stereocenters. The van der Waals surface area contributed by atoms with Gasteiger partial charge in [-0.05, 0) is 20.8 Å². The number of hydrogen-bond acceptors (Lipinski definition) is 10. The molecule has 1 N–H and O–H groups in total. The van der Waals surface area contributed by atoms with Crippen LogP contribution in [-0.2, 0) is 16.0 Å². The normalized spacial score (nSPS) is 10.7. The molecular formula is C18H22N4O6S. The van der Waals surface area contributed by atoms with E-state index in [0.717, 1.165) is 0 Å². The largest absolute Gasteiger partial charge is 0.493 e. The monoisotopic (exact) mass is 422 g/mol. The summed E-state index contributed by atoms with van der Waals surface area (Å²) >= 11 is 1.27. The number of nitrogens with one attached hydrogen (secondary N) is 1. The van der Waals surface area contributed by atoms with Crippen molar-refractivity contribution in [3.63, 3.8) is 0 Å². The zero-order valence-electron chi connectivity index (χ0n) is 16.3. The van der Waals surface area contributed by atoms with Gasteiger partial charge < -0.3 is 14.2 Å². The minimum atomic E-state index is -0.520. The number of rotatable bonds is 11. The number of esters is 1. The molecule has 0 fully saturated rings. The maximum Gasteiger partial charge on any atom is 0.311 e. The van der Waals surface area contributed by atoms with Crippen molar-refractivity contribution in [3.05, 3.63) is 38.9 Å². The predicted octanol–water partition coefficient (Wildman–Crippen LogP) is 3.40. The summed E-state index contributed by atoms with van der Waals surface area (Å²) in [6, 6.07) is 2.82. The molecule has 1 aromatic carbocycles. The molecule has 0 bridgehead atoms. The first-order valence-corrected chi connectivity index (χ1v) is 9.83. The number of thiazole rings is 1. The molecule has 0 aliphatic heterocycles. The zero-order chi connectivity index (χ0) is 21.2. The van der Waals surface area contributed by atoms with Crippen LogP contribution in [0, 0.1) is 10.1 Å². The number of anilines is 1. The van der Waals surface area contributed by atoms with E-state index in [-0.39, 0.29) is 23.8 Å². The highest BCUT2D eigenvalue weighted by Gasteiger charge is 2.19. The van der Waals surface area contributed by atoms with E-state index >= 15 is 0 Å². The van der Waals surface area contributed by atoms with Gasteiger partial charge in [-0.1, -0.05) is 0 Å². The summed E-state index contributed by atoms with van der Waals surface area (Å²) in [5.74, 6) is 0.194. The highest BCUT2D eigenvalue weighted by Crippen LogP contribution is 2.34. The lowest BCUT2D eigenvalue weighted by Crippen LogP contribution is -2.07. The maximum absolute atomic E-state index is 11.5. The van der Waals surface area contributed by atoms with Crippen LogP contribution in [0.1, 0.15) is 32.0 Å². The molecule has 0 spiro atoms. The van der Waals surface area contributed by atoms with Crippen molar-refractivity contribution in [2.45, 2.75) is 27.2 Å². The van der Waals surface area contributed by atoms with E-state index in [4.69, 9.17) is 14.2 Å². The molecule has 2 aromatic rings. The Balaban J connectivity index is 2.16. The van der Waals surface area contributed by atoms with E-state index in [1.54, 1.807) is 19.2 Å². The number of carbonyl (C=O) groups excluding carboxylic acids is 1. The fraction of sp³-hybridized carbons (Fsp3) is 0.389. The highest BCUT2D eigenvalue weighted by molar-refractivity contribution is 7.13. The fourth-order valence-electron chi connectivity index (χ4n) is 2.32. The van der Waals surface area contributed by atoms with Crippen LogP contribution in [0.3, 0.4) is 0 Å². The smallest absolute Gasteiger partial charge is 0.311 e. The molecule has 11 heteroatoms. The van der Waals surface area contributed by atoms with Gasteiger partial charge in [0.1, 0.15) is 5.75 Å². The minimum absolute atomic E-state index is 0.0787. The Bertz CT molecular complexity index is 883. The van der Waals surface area contributed by atoms with Gasteiger partial charge in [0, 0.05) is 23.1 Å². The topological polar surface area (TPSA) is 125 Å². The Labute approximate surface area is 171 Å². The summed E-state index contributed by atoms with van der Waals surface area (Å²) in [5.41, 5.74) is 3.55. The van der Waals surface area contributed by atoms with E-state index in [9.17, 15) is 14.9 Å². The average molecular weight is 422 g/mol. The number of hydrogen-bond donors (Lipinski definition) is 1. The van der Waals surface area contributed by atoms with Crippen LogP contribution in [0.15, 0.2) is 22.6 Å². The van der Waals surface area contributed by atoms with Crippen LogP contribution in [0.25, 0.3) is 0 Å². The van der Waals surface area contributed by atoms with Crippen LogP contribution >= 0.6 is 11.3 Å². The van der Waals surface area contributed by atoms with Gasteiger partial charge in [0.2, 0.25) is 10.9 Å². The first kappa shape index (κ1) is 22.1. The summed E-state index contributed by atoms with van der Waals surface area (Å²) in [7, 11) is 0. The fourth-order valence-corrected chi connectivity index (χ4v) is 2.98. The third-order valence-corrected chi connectivity index (χ3v) is 4.23. The van der Waals surface area contributed by atoms with Gasteiger partial charge in [-0.3, -0.25) is 20.3 Å². The zero-order valence-corrected chi connectivity index (χ0v) is 17.2. The van der Waals surface area contributed by atoms with E-state index in [1.165, 1.54) is 29.7 Å². The number of nitro groups is 1. The molecule has 0 radical (unpaired) electrons. The van der Waals surface area contributed by atoms with Crippen molar-refractivity contribution in [1.29, 1.82) is 0 Å². The number of aromatic nitrogens is 1. The van der Waals surface area contributed by atoms with Crippen LogP contribution in [-0.4, -0.2) is 41.9 Å². The van der Waals surface area contributed by atoms with E-state index in [0.29, 0.717) is 42.0 Å². The number of benzene rings is 1. The summed E-state index contributed by atoms with van der Waals surface area (Å²) in [4.78, 5) is 26.5. The van der Waals surface area contributed by atoms with Crippen LogP contribution in [0.5, 0.6) is 11.5 Å². The average Bonchev–Trinajstić information content (AvgIpc) is 3.10. The number of carbonyl (C=O) groups is 1. The summed E-state index contributed by atoms with van der Waals surface area (Å²) in [6.45, 7) is 6.27. The predicted molar refractivity (Wildman–Crippen MR) is 109 cm³/mol. The van der Waals surface area contributed by atoms with Crippen LogP contribution in [0.2, 0.25) is 0 Å². The molecule has 1 aromatic heterocycles. The van der Waals surface area contributed by atoms with Gasteiger partial charge in [-0.15, -0.1) is 11.3 Å². The second-order valence-corrected chi connectivity index (χ2v) is 6.33. The maximum atomic E-state index is 11.5. The van der Waals surface area contributed by atoms with Crippen molar-refractivity contribution < 1.29 is 23.9 Å². The molecular weight excluding hydrogens is 400 g/mol. The molecule has 0 amide bonds. The first-order valence-electron chi connectivity index (χ1n) is 8.95.